The first-order valence-corrected chi connectivity index (χ1v) is 11.9. The molecule has 1 atom stereocenters. The van der Waals surface area contributed by atoms with E-state index in [4.69, 9.17) is 0 Å². The number of hydrogen-bond donors (Lipinski definition) is 3. The van der Waals surface area contributed by atoms with Gasteiger partial charge in [0.25, 0.3) is 5.91 Å². The maximum atomic E-state index is 12.6. The second kappa shape index (κ2) is 9.38. The zero-order valence-corrected chi connectivity index (χ0v) is 18.5. The van der Waals surface area contributed by atoms with Gasteiger partial charge in [0.1, 0.15) is 0 Å². The molecule has 0 fully saturated rings. The van der Waals surface area contributed by atoms with Gasteiger partial charge in [0.05, 0.1) is 4.90 Å². The highest BCUT2D eigenvalue weighted by atomic mass is 32.2. The SMILES string of the molecule is C[C@@H](Cc1c[nH]c2ccccc12)NC(=O)c1ccc(CNS(=O)(=O)c2ccccc2)cc1. The largest absolute Gasteiger partial charge is 0.361 e. The number of nitrogens with one attached hydrogen (secondary N) is 3. The normalized spacial score (nSPS) is 12.5. The van der Waals surface area contributed by atoms with Crippen molar-refractivity contribution in [3.8, 4) is 0 Å². The van der Waals surface area contributed by atoms with Crippen molar-refractivity contribution in [2.75, 3.05) is 0 Å². The summed E-state index contributed by atoms with van der Waals surface area (Å²) in [4.78, 5) is 16.1. The highest BCUT2D eigenvalue weighted by Crippen LogP contribution is 2.19. The van der Waals surface area contributed by atoms with Crippen LogP contribution in [0.3, 0.4) is 0 Å². The average Bonchev–Trinajstić information content (AvgIpc) is 3.21. The topological polar surface area (TPSA) is 91.1 Å². The van der Waals surface area contributed by atoms with E-state index in [9.17, 15) is 13.2 Å². The highest BCUT2D eigenvalue weighted by Gasteiger charge is 2.14. The predicted molar refractivity (Wildman–Crippen MR) is 126 cm³/mol. The molecule has 6 nitrogen and oxygen atoms in total. The van der Waals surface area contributed by atoms with E-state index in [1.54, 1.807) is 54.6 Å². The number of carbonyl (C=O) groups is 1. The number of fused-ring (bicyclic) bond motifs is 1. The molecule has 0 aliphatic rings. The number of aromatic amines is 1. The maximum Gasteiger partial charge on any atom is 0.251 e. The molecular formula is C25H25N3O3S. The molecule has 0 radical (unpaired) electrons. The Morgan fingerprint density at radius 2 is 1.62 bits per heavy atom. The number of sulfonamides is 1. The summed E-state index contributed by atoms with van der Waals surface area (Å²) < 4.78 is 27.3. The van der Waals surface area contributed by atoms with Crippen LogP contribution in [0.1, 0.15) is 28.4 Å². The van der Waals surface area contributed by atoms with Crippen LogP contribution in [-0.2, 0) is 23.0 Å². The first kappa shape index (κ1) is 21.8. The van der Waals surface area contributed by atoms with Crippen molar-refractivity contribution in [1.82, 2.24) is 15.0 Å². The van der Waals surface area contributed by atoms with E-state index in [2.05, 4.69) is 21.1 Å². The predicted octanol–water partition coefficient (Wildman–Crippen LogP) is 4.01. The summed E-state index contributed by atoms with van der Waals surface area (Å²) in [6.45, 7) is 2.13. The lowest BCUT2D eigenvalue weighted by molar-refractivity contribution is 0.0940. The van der Waals surface area contributed by atoms with Crippen molar-refractivity contribution in [3.63, 3.8) is 0 Å². The van der Waals surface area contributed by atoms with Crippen molar-refractivity contribution >= 4 is 26.8 Å². The zero-order valence-electron chi connectivity index (χ0n) is 17.7. The standard InChI is InChI=1S/C25H25N3O3S/c1-18(15-21-17-26-24-10-6-5-9-23(21)24)28-25(29)20-13-11-19(12-14-20)16-27-32(30,31)22-7-3-2-4-8-22/h2-14,17-18,26-27H,15-16H2,1H3,(H,28,29)/t18-/m0/s1. The lowest BCUT2D eigenvalue weighted by Gasteiger charge is -2.14. The molecule has 0 saturated carbocycles. The summed E-state index contributed by atoms with van der Waals surface area (Å²) in [5.41, 5.74) is 3.55. The summed E-state index contributed by atoms with van der Waals surface area (Å²) in [5, 5.41) is 4.19. The Labute approximate surface area is 187 Å². The minimum Gasteiger partial charge on any atom is -0.361 e. The second-order valence-electron chi connectivity index (χ2n) is 7.77. The van der Waals surface area contributed by atoms with E-state index in [0.717, 1.165) is 28.5 Å². The van der Waals surface area contributed by atoms with Crippen molar-refractivity contribution in [3.05, 3.63) is 102 Å². The highest BCUT2D eigenvalue weighted by molar-refractivity contribution is 7.89. The number of amides is 1. The number of carbonyl (C=O) groups excluding carboxylic acids is 1. The van der Waals surface area contributed by atoms with Crippen molar-refractivity contribution < 1.29 is 13.2 Å². The number of benzene rings is 3. The minimum absolute atomic E-state index is 0.0425. The van der Waals surface area contributed by atoms with Crippen LogP contribution >= 0.6 is 0 Å². The number of rotatable bonds is 8. The Bertz CT molecular complexity index is 1310. The molecule has 1 aromatic heterocycles. The van der Waals surface area contributed by atoms with Crippen LogP contribution in [0.15, 0.2) is 90.0 Å². The van der Waals surface area contributed by atoms with Crippen molar-refractivity contribution in [2.24, 2.45) is 0 Å². The quantitative estimate of drug-likeness (QED) is 0.381. The Hall–Kier alpha value is -3.42. The molecule has 0 bridgehead atoms. The monoisotopic (exact) mass is 447 g/mol. The van der Waals surface area contributed by atoms with Crippen molar-refractivity contribution in [2.45, 2.75) is 30.8 Å². The van der Waals surface area contributed by atoms with Crippen molar-refractivity contribution in [1.29, 1.82) is 0 Å². The van der Waals surface area contributed by atoms with Gasteiger partial charge in [-0.1, -0.05) is 48.5 Å². The molecule has 32 heavy (non-hydrogen) atoms. The van der Waals surface area contributed by atoms with E-state index in [0.29, 0.717) is 5.56 Å². The van der Waals surface area contributed by atoms with Crippen LogP contribution in [-0.4, -0.2) is 25.4 Å². The van der Waals surface area contributed by atoms with Crippen LogP contribution < -0.4 is 10.0 Å². The molecule has 3 N–H and O–H groups in total. The van der Waals surface area contributed by atoms with Gasteiger partial charge in [-0.2, -0.15) is 0 Å². The minimum atomic E-state index is -3.57. The Kier molecular flexibility index (Phi) is 6.39. The van der Waals surface area contributed by atoms with Gasteiger partial charge in [-0.05, 0) is 54.8 Å². The molecule has 0 spiro atoms. The van der Waals surface area contributed by atoms with E-state index in [-0.39, 0.29) is 23.4 Å². The summed E-state index contributed by atoms with van der Waals surface area (Å²) in [6.07, 6.45) is 2.70. The van der Waals surface area contributed by atoms with Crippen LogP contribution in [0.25, 0.3) is 10.9 Å². The average molecular weight is 448 g/mol. The second-order valence-corrected chi connectivity index (χ2v) is 9.54. The van der Waals surface area contributed by atoms with Crippen LogP contribution in [0, 0.1) is 0 Å². The van der Waals surface area contributed by atoms with Gasteiger partial charge < -0.3 is 10.3 Å². The van der Waals surface area contributed by atoms with Gasteiger partial charge in [0.2, 0.25) is 10.0 Å². The Morgan fingerprint density at radius 3 is 2.38 bits per heavy atom. The smallest absolute Gasteiger partial charge is 0.251 e. The Morgan fingerprint density at radius 1 is 0.938 bits per heavy atom. The van der Waals surface area contributed by atoms with E-state index in [1.165, 1.54) is 0 Å². The van der Waals surface area contributed by atoms with Gasteiger partial charge in [0, 0.05) is 35.2 Å². The zero-order chi connectivity index (χ0) is 22.6. The molecular weight excluding hydrogens is 422 g/mol. The number of hydrogen-bond acceptors (Lipinski definition) is 3. The molecule has 0 saturated heterocycles. The third kappa shape index (κ3) is 5.07. The summed E-state index contributed by atoms with van der Waals surface area (Å²) in [6, 6.07) is 23.2. The van der Waals surface area contributed by atoms with E-state index < -0.39 is 10.0 Å². The van der Waals surface area contributed by atoms with E-state index >= 15 is 0 Å². The fraction of sp³-hybridized carbons (Fsp3) is 0.160. The lowest BCUT2D eigenvalue weighted by atomic mass is 10.1. The fourth-order valence-corrected chi connectivity index (χ4v) is 4.66. The number of para-hydroxylation sites is 1. The molecule has 0 aliphatic heterocycles. The molecule has 164 valence electrons. The number of H-pyrrole nitrogens is 1. The van der Waals surface area contributed by atoms with Crippen LogP contribution in [0.4, 0.5) is 0 Å². The molecule has 0 unspecified atom stereocenters. The molecule has 7 heteroatoms. The molecule has 3 aromatic carbocycles. The van der Waals surface area contributed by atoms with Gasteiger partial charge in [-0.25, -0.2) is 13.1 Å². The third-order valence-electron chi connectivity index (χ3n) is 5.31. The summed E-state index contributed by atoms with van der Waals surface area (Å²) in [7, 11) is -3.57. The molecule has 1 amide bonds. The molecule has 1 heterocycles. The van der Waals surface area contributed by atoms with Crippen LogP contribution in [0.5, 0.6) is 0 Å². The van der Waals surface area contributed by atoms with Crippen LogP contribution in [0.2, 0.25) is 0 Å². The Balaban J connectivity index is 1.33. The summed E-state index contributed by atoms with van der Waals surface area (Å²) in [5.74, 6) is -0.159. The maximum absolute atomic E-state index is 12.6. The first-order chi connectivity index (χ1) is 15.4. The van der Waals surface area contributed by atoms with Gasteiger partial charge in [0.15, 0.2) is 0 Å². The molecule has 4 aromatic rings. The van der Waals surface area contributed by atoms with Gasteiger partial charge >= 0.3 is 0 Å². The summed E-state index contributed by atoms with van der Waals surface area (Å²) >= 11 is 0. The molecule has 0 aliphatic carbocycles. The third-order valence-corrected chi connectivity index (χ3v) is 6.73. The number of aromatic nitrogens is 1. The van der Waals surface area contributed by atoms with Gasteiger partial charge in [-0.3, -0.25) is 4.79 Å². The fourth-order valence-electron chi connectivity index (χ4n) is 3.62. The van der Waals surface area contributed by atoms with Gasteiger partial charge in [-0.15, -0.1) is 0 Å². The van der Waals surface area contributed by atoms with E-state index in [1.807, 2.05) is 31.3 Å². The first-order valence-electron chi connectivity index (χ1n) is 10.4. The lowest BCUT2D eigenvalue weighted by Crippen LogP contribution is -2.34. The molecule has 4 rings (SSSR count).